The van der Waals surface area contributed by atoms with Crippen LogP contribution < -0.4 is 5.32 Å². The maximum atomic E-state index is 11.0. The number of benzene rings is 1. The minimum Gasteiger partial charge on any atom is -0.464 e. The fraction of sp³-hybridized carbons (Fsp3) is 0.500. The van der Waals surface area contributed by atoms with Gasteiger partial charge in [0.05, 0.1) is 19.8 Å². The van der Waals surface area contributed by atoms with Gasteiger partial charge in [-0.15, -0.1) is 0 Å². The lowest BCUT2D eigenvalue weighted by Gasteiger charge is -2.08. The predicted octanol–water partition coefficient (Wildman–Crippen LogP) is 1.82. The molecular weight excluding hydrogens is 246 g/mol. The average Bonchev–Trinajstić information content (AvgIpc) is 2.39. The topological polar surface area (TPSA) is 56.8 Å². The van der Waals surface area contributed by atoms with Crippen LogP contribution in [0.3, 0.4) is 0 Å². The van der Waals surface area contributed by atoms with Gasteiger partial charge in [-0.05, 0) is 24.6 Å². The van der Waals surface area contributed by atoms with Crippen LogP contribution in [0.5, 0.6) is 0 Å². The maximum Gasteiger partial charge on any atom is 0.332 e. The zero-order chi connectivity index (χ0) is 13.9. The van der Waals surface area contributed by atoms with Crippen LogP contribution in [-0.2, 0) is 25.6 Å². The first-order chi connectivity index (χ1) is 9.26. The van der Waals surface area contributed by atoms with E-state index in [1.807, 2.05) is 24.3 Å². The standard InChI is InChI=1S/C14H21NO4/c1-3-19-14(16)11-18-8-7-15-13-6-4-5-12(9-13)10-17-2/h4-6,9,15H,3,7-8,10-11H2,1-2H3. The largest absolute Gasteiger partial charge is 0.464 e. The molecule has 0 heterocycles. The Labute approximate surface area is 113 Å². The Hall–Kier alpha value is -1.59. The SMILES string of the molecule is CCOC(=O)COCCNc1cccc(COC)c1. The lowest BCUT2D eigenvalue weighted by atomic mass is 10.2. The van der Waals surface area contributed by atoms with E-state index < -0.39 is 0 Å². The Morgan fingerprint density at radius 1 is 1.37 bits per heavy atom. The molecule has 0 radical (unpaired) electrons. The van der Waals surface area contributed by atoms with Gasteiger partial charge in [0, 0.05) is 19.3 Å². The van der Waals surface area contributed by atoms with Gasteiger partial charge in [0.2, 0.25) is 0 Å². The molecule has 1 aromatic rings. The van der Waals surface area contributed by atoms with E-state index in [0.29, 0.717) is 26.4 Å². The molecule has 5 nitrogen and oxygen atoms in total. The molecule has 0 aromatic heterocycles. The van der Waals surface area contributed by atoms with Crippen molar-refractivity contribution in [2.45, 2.75) is 13.5 Å². The van der Waals surface area contributed by atoms with E-state index in [0.717, 1.165) is 11.3 Å². The van der Waals surface area contributed by atoms with E-state index in [9.17, 15) is 4.79 Å². The van der Waals surface area contributed by atoms with Crippen molar-refractivity contribution in [2.24, 2.45) is 0 Å². The minimum atomic E-state index is -0.329. The molecule has 0 spiro atoms. The summed E-state index contributed by atoms with van der Waals surface area (Å²) in [5.41, 5.74) is 2.12. The van der Waals surface area contributed by atoms with Crippen molar-refractivity contribution in [1.29, 1.82) is 0 Å². The molecule has 0 bridgehead atoms. The summed E-state index contributed by atoms with van der Waals surface area (Å²) >= 11 is 0. The molecule has 1 aromatic carbocycles. The van der Waals surface area contributed by atoms with Gasteiger partial charge in [-0.25, -0.2) is 4.79 Å². The molecule has 5 heteroatoms. The molecule has 0 atom stereocenters. The Kier molecular flexibility index (Phi) is 7.62. The highest BCUT2D eigenvalue weighted by Gasteiger charge is 2.00. The Morgan fingerprint density at radius 2 is 2.21 bits per heavy atom. The van der Waals surface area contributed by atoms with Crippen molar-refractivity contribution < 1.29 is 19.0 Å². The average molecular weight is 267 g/mol. The monoisotopic (exact) mass is 267 g/mol. The molecule has 106 valence electrons. The number of nitrogens with one attached hydrogen (secondary N) is 1. The molecule has 19 heavy (non-hydrogen) atoms. The minimum absolute atomic E-state index is 0.000760. The number of esters is 1. The molecule has 0 amide bonds. The first kappa shape index (κ1) is 15.5. The zero-order valence-electron chi connectivity index (χ0n) is 11.5. The van der Waals surface area contributed by atoms with Crippen LogP contribution in [0.25, 0.3) is 0 Å². The van der Waals surface area contributed by atoms with E-state index in [2.05, 4.69) is 5.32 Å². The lowest BCUT2D eigenvalue weighted by molar-refractivity contribution is -0.148. The van der Waals surface area contributed by atoms with Crippen LogP contribution in [0.2, 0.25) is 0 Å². The first-order valence-electron chi connectivity index (χ1n) is 6.31. The number of ether oxygens (including phenoxy) is 3. The van der Waals surface area contributed by atoms with E-state index in [1.165, 1.54) is 0 Å². The molecule has 0 fully saturated rings. The van der Waals surface area contributed by atoms with Gasteiger partial charge in [-0.1, -0.05) is 12.1 Å². The Bertz CT molecular complexity index is 381. The molecular formula is C14H21NO4. The van der Waals surface area contributed by atoms with Crippen molar-refractivity contribution in [3.05, 3.63) is 29.8 Å². The van der Waals surface area contributed by atoms with Crippen LogP contribution in [-0.4, -0.2) is 39.4 Å². The summed E-state index contributed by atoms with van der Waals surface area (Å²) < 4.78 is 15.0. The number of hydrogen-bond donors (Lipinski definition) is 1. The molecule has 0 saturated heterocycles. The van der Waals surface area contributed by atoms with Gasteiger partial charge in [0.15, 0.2) is 0 Å². The molecule has 1 rings (SSSR count). The van der Waals surface area contributed by atoms with Crippen LogP contribution in [0.15, 0.2) is 24.3 Å². The molecule has 0 unspecified atom stereocenters. The zero-order valence-corrected chi connectivity index (χ0v) is 11.5. The third-order valence-electron chi connectivity index (χ3n) is 2.34. The van der Waals surface area contributed by atoms with Gasteiger partial charge >= 0.3 is 5.97 Å². The molecule has 0 aliphatic rings. The summed E-state index contributed by atoms with van der Waals surface area (Å²) in [6.45, 7) is 3.83. The lowest BCUT2D eigenvalue weighted by Crippen LogP contribution is -2.16. The second-order valence-electron chi connectivity index (χ2n) is 3.92. The highest BCUT2D eigenvalue weighted by Crippen LogP contribution is 2.10. The quantitative estimate of drug-likeness (QED) is 0.546. The third-order valence-corrected chi connectivity index (χ3v) is 2.34. The fourth-order valence-corrected chi connectivity index (χ4v) is 1.56. The third kappa shape index (κ3) is 6.79. The summed E-state index contributed by atoms with van der Waals surface area (Å²) in [5.74, 6) is -0.329. The molecule has 0 aliphatic carbocycles. The van der Waals surface area contributed by atoms with E-state index in [1.54, 1.807) is 14.0 Å². The highest BCUT2D eigenvalue weighted by molar-refractivity contribution is 5.70. The van der Waals surface area contributed by atoms with Crippen LogP contribution in [0, 0.1) is 0 Å². The summed E-state index contributed by atoms with van der Waals surface area (Å²) in [4.78, 5) is 11.0. The second kappa shape index (κ2) is 9.35. The van der Waals surface area contributed by atoms with Crippen molar-refractivity contribution in [3.63, 3.8) is 0 Å². The van der Waals surface area contributed by atoms with Gasteiger partial charge < -0.3 is 19.5 Å². The number of rotatable bonds is 9. The van der Waals surface area contributed by atoms with Gasteiger partial charge in [-0.2, -0.15) is 0 Å². The Balaban J connectivity index is 2.18. The highest BCUT2D eigenvalue weighted by atomic mass is 16.6. The summed E-state index contributed by atoms with van der Waals surface area (Å²) in [6, 6.07) is 7.97. The summed E-state index contributed by atoms with van der Waals surface area (Å²) in [7, 11) is 1.67. The van der Waals surface area contributed by atoms with E-state index in [4.69, 9.17) is 14.2 Å². The fourth-order valence-electron chi connectivity index (χ4n) is 1.56. The summed E-state index contributed by atoms with van der Waals surface area (Å²) in [5, 5.41) is 3.22. The normalized spacial score (nSPS) is 10.2. The van der Waals surface area contributed by atoms with Crippen LogP contribution >= 0.6 is 0 Å². The van der Waals surface area contributed by atoms with Gasteiger partial charge in [0.25, 0.3) is 0 Å². The number of carbonyl (C=O) groups is 1. The van der Waals surface area contributed by atoms with Crippen molar-refractivity contribution in [1.82, 2.24) is 0 Å². The number of carbonyl (C=O) groups excluding carboxylic acids is 1. The molecule has 1 N–H and O–H groups in total. The van der Waals surface area contributed by atoms with Crippen molar-refractivity contribution in [2.75, 3.05) is 38.8 Å². The molecule has 0 saturated carbocycles. The smallest absolute Gasteiger partial charge is 0.332 e. The number of methoxy groups -OCH3 is 1. The van der Waals surface area contributed by atoms with E-state index >= 15 is 0 Å². The van der Waals surface area contributed by atoms with Crippen LogP contribution in [0.4, 0.5) is 5.69 Å². The second-order valence-corrected chi connectivity index (χ2v) is 3.92. The first-order valence-corrected chi connectivity index (χ1v) is 6.31. The number of hydrogen-bond acceptors (Lipinski definition) is 5. The molecule has 0 aliphatic heterocycles. The van der Waals surface area contributed by atoms with Crippen molar-refractivity contribution in [3.8, 4) is 0 Å². The summed E-state index contributed by atoms with van der Waals surface area (Å²) in [6.07, 6.45) is 0. The van der Waals surface area contributed by atoms with Crippen LogP contribution in [0.1, 0.15) is 12.5 Å². The van der Waals surface area contributed by atoms with Gasteiger partial charge in [0.1, 0.15) is 6.61 Å². The maximum absolute atomic E-state index is 11.0. The van der Waals surface area contributed by atoms with E-state index in [-0.39, 0.29) is 12.6 Å². The number of anilines is 1. The van der Waals surface area contributed by atoms with Crippen molar-refractivity contribution >= 4 is 11.7 Å². The predicted molar refractivity (Wildman–Crippen MR) is 73.1 cm³/mol. The van der Waals surface area contributed by atoms with Gasteiger partial charge in [-0.3, -0.25) is 0 Å². The Morgan fingerprint density at radius 3 is 2.95 bits per heavy atom.